The van der Waals surface area contributed by atoms with Crippen LogP contribution in [0.5, 0.6) is 0 Å². The molecule has 0 heterocycles. The zero-order valence-corrected chi connectivity index (χ0v) is 8.63. The van der Waals surface area contributed by atoms with E-state index in [0.717, 1.165) is 24.8 Å². The molecule has 0 aromatic rings. The van der Waals surface area contributed by atoms with Gasteiger partial charge in [-0.15, -0.1) is 0 Å². The number of unbranched alkanes of at least 4 members (excludes halogenated alkanes) is 1. The van der Waals surface area contributed by atoms with Crippen LogP contribution < -0.4 is 0 Å². The number of carboxylic acids is 1. The molecular weight excluding hydrogens is 164 g/mol. The maximum Gasteiger partial charge on any atom is 0.331 e. The molecule has 0 aliphatic carbocycles. The van der Waals surface area contributed by atoms with Crippen LogP contribution >= 0.6 is 0 Å². The Labute approximate surface area is 80.0 Å². The average molecular weight is 182 g/mol. The number of carbonyl (C=O) groups is 1. The van der Waals surface area contributed by atoms with Crippen molar-refractivity contribution in [1.29, 1.82) is 0 Å². The molecule has 0 aromatic carbocycles. The van der Waals surface area contributed by atoms with Gasteiger partial charge in [0, 0.05) is 5.57 Å². The number of hydrogen-bond acceptors (Lipinski definition) is 1. The number of rotatable bonds is 5. The van der Waals surface area contributed by atoms with Gasteiger partial charge in [0.1, 0.15) is 0 Å². The van der Waals surface area contributed by atoms with Gasteiger partial charge in [-0.1, -0.05) is 31.1 Å². The third-order valence-corrected chi connectivity index (χ3v) is 2.01. The van der Waals surface area contributed by atoms with E-state index in [9.17, 15) is 4.79 Å². The summed E-state index contributed by atoms with van der Waals surface area (Å²) in [4.78, 5) is 10.5. The molecule has 0 aliphatic rings. The van der Waals surface area contributed by atoms with E-state index in [1.807, 2.05) is 13.0 Å². The molecule has 74 valence electrons. The van der Waals surface area contributed by atoms with Crippen LogP contribution in [0.3, 0.4) is 0 Å². The highest BCUT2D eigenvalue weighted by atomic mass is 16.4. The normalized spacial score (nSPS) is 13.2. The van der Waals surface area contributed by atoms with E-state index >= 15 is 0 Å². The van der Waals surface area contributed by atoms with Gasteiger partial charge < -0.3 is 5.11 Å². The molecule has 0 saturated carbocycles. The predicted octanol–water partition coefficient (Wildman–Crippen LogP) is 3.15. The van der Waals surface area contributed by atoms with Gasteiger partial charge in [0.15, 0.2) is 0 Å². The van der Waals surface area contributed by atoms with Crippen molar-refractivity contribution < 1.29 is 9.90 Å². The lowest BCUT2D eigenvalue weighted by Crippen LogP contribution is -1.98. The van der Waals surface area contributed by atoms with Gasteiger partial charge in [0.05, 0.1) is 0 Å². The largest absolute Gasteiger partial charge is 0.478 e. The summed E-state index contributed by atoms with van der Waals surface area (Å²) in [5, 5.41) is 8.67. The molecule has 0 radical (unpaired) electrons. The van der Waals surface area contributed by atoms with Gasteiger partial charge in [-0.25, -0.2) is 4.79 Å². The summed E-state index contributed by atoms with van der Waals surface area (Å²) in [7, 11) is 0. The number of carboxylic acid groups (broad SMARTS) is 1. The highest BCUT2D eigenvalue weighted by Gasteiger charge is 2.02. The van der Waals surface area contributed by atoms with Crippen LogP contribution in [0.4, 0.5) is 0 Å². The van der Waals surface area contributed by atoms with Crippen molar-refractivity contribution in [3.63, 3.8) is 0 Å². The average Bonchev–Trinajstić information content (AvgIpc) is 2.10. The van der Waals surface area contributed by atoms with E-state index in [1.54, 1.807) is 6.92 Å². The first-order chi connectivity index (χ1) is 6.09. The summed E-state index contributed by atoms with van der Waals surface area (Å²) in [6.45, 7) is 5.63. The Morgan fingerprint density at radius 3 is 2.38 bits per heavy atom. The molecule has 2 nitrogen and oxygen atoms in total. The molecule has 0 atom stereocenters. The van der Waals surface area contributed by atoms with Crippen molar-refractivity contribution in [2.75, 3.05) is 0 Å². The zero-order chi connectivity index (χ0) is 10.3. The Kier molecular flexibility index (Phi) is 5.94. The van der Waals surface area contributed by atoms with Crippen molar-refractivity contribution in [1.82, 2.24) is 0 Å². The van der Waals surface area contributed by atoms with Crippen LogP contribution in [0.15, 0.2) is 23.3 Å². The van der Waals surface area contributed by atoms with Gasteiger partial charge in [-0.05, 0) is 26.7 Å². The molecule has 0 spiro atoms. The fourth-order valence-electron chi connectivity index (χ4n) is 0.880. The molecule has 0 bridgehead atoms. The minimum atomic E-state index is -0.818. The van der Waals surface area contributed by atoms with E-state index in [1.165, 1.54) is 0 Å². The van der Waals surface area contributed by atoms with Crippen molar-refractivity contribution in [2.24, 2.45) is 0 Å². The summed E-state index contributed by atoms with van der Waals surface area (Å²) >= 11 is 0. The van der Waals surface area contributed by atoms with Crippen LogP contribution in [0.2, 0.25) is 0 Å². The minimum absolute atomic E-state index is 0.459. The van der Waals surface area contributed by atoms with E-state index in [4.69, 9.17) is 5.11 Å². The van der Waals surface area contributed by atoms with Crippen molar-refractivity contribution in [3.8, 4) is 0 Å². The highest BCUT2D eigenvalue weighted by molar-refractivity contribution is 5.86. The van der Waals surface area contributed by atoms with Crippen molar-refractivity contribution in [3.05, 3.63) is 23.3 Å². The van der Waals surface area contributed by atoms with Crippen LogP contribution in [-0.4, -0.2) is 11.1 Å². The quantitative estimate of drug-likeness (QED) is 0.524. The molecule has 0 fully saturated rings. The fourth-order valence-corrected chi connectivity index (χ4v) is 0.880. The highest BCUT2D eigenvalue weighted by Crippen LogP contribution is 2.08. The summed E-state index contributed by atoms with van der Waals surface area (Å²) in [5.74, 6) is -0.818. The monoisotopic (exact) mass is 182 g/mol. The Balaban J connectivity index is 4.06. The summed E-state index contributed by atoms with van der Waals surface area (Å²) in [6, 6.07) is 0. The van der Waals surface area contributed by atoms with E-state index in [-0.39, 0.29) is 0 Å². The van der Waals surface area contributed by atoms with Crippen molar-refractivity contribution in [2.45, 2.75) is 40.0 Å². The van der Waals surface area contributed by atoms with Crippen molar-refractivity contribution >= 4 is 5.97 Å². The first kappa shape index (κ1) is 11.9. The molecule has 0 unspecified atom stereocenters. The molecule has 1 N–H and O–H groups in total. The topological polar surface area (TPSA) is 37.3 Å². The number of allylic oxidation sites excluding steroid dienone is 3. The maximum atomic E-state index is 10.5. The van der Waals surface area contributed by atoms with Gasteiger partial charge in [-0.2, -0.15) is 0 Å². The summed E-state index contributed by atoms with van der Waals surface area (Å²) in [5.41, 5.74) is 1.39. The SMILES string of the molecule is CCC/C=C/C/C(C)=C(/C)C(=O)O. The van der Waals surface area contributed by atoms with E-state index < -0.39 is 5.97 Å². The third kappa shape index (κ3) is 5.23. The Hall–Kier alpha value is -1.05. The smallest absolute Gasteiger partial charge is 0.331 e. The second kappa shape index (κ2) is 6.46. The van der Waals surface area contributed by atoms with Gasteiger partial charge in [0.25, 0.3) is 0 Å². The van der Waals surface area contributed by atoms with Gasteiger partial charge in [0.2, 0.25) is 0 Å². The molecule has 13 heavy (non-hydrogen) atoms. The molecule has 0 amide bonds. The molecule has 2 heteroatoms. The molecule has 0 saturated heterocycles. The number of aliphatic carboxylic acids is 1. The Bertz CT molecular complexity index is 224. The Morgan fingerprint density at radius 2 is 1.92 bits per heavy atom. The third-order valence-electron chi connectivity index (χ3n) is 2.01. The van der Waals surface area contributed by atoms with Gasteiger partial charge in [-0.3, -0.25) is 0 Å². The number of hydrogen-bond donors (Lipinski definition) is 1. The first-order valence-corrected chi connectivity index (χ1v) is 4.64. The second-order valence-corrected chi connectivity index (χ2v) is 3.17. The molecule has 0 rings (SSSR count). The summed E-state index contributed by atoms with van der Waals surface area (Å²) < 4.78 is 0. The lowest BCUT2D eigenvalue weighted by atomic mass is 10.1. The van der Waals surface area contributed by atoms with Crippen LogP contribution in [-0.2, 0) is 4.79 Å². The standard InChI is InChI=1S/C11H18O2/c1-4-5-6-7-8-9(2)10(3)11(12)13/h6-7H,4-5,8H2,1-3H3,(H,12,13)/b7-6+,10-9-. The predicted molar refractivity (Wildman–Crippen MR) is 54.7 cm³/mol. The minimum Gasteiger partial charge on any atom is -0.478 e. The maximum absolute atomic E-state index is 10.5. The van der Waals surface area contributed by atoms with E-state index in [2.05, 4.69) is 13.0 Å². The lowest BCUT2D eigenvalue weighted by Gasteiger charge is -1.99. The van der Waals surface area contributed by atoms with Crippen LogP contribution in [0.25, 0.3) is 0 Å². The fraction of sp³-hybridized carbons (Fsp3) is 0.545. The van der Waals surface area contributed by atoms with E-state index in [0.29, 0.717) is 5.57 Å². The lowest BCUT2D eigenvalue weighted by molar-refractivity contribution is -0.132. The van der Waals surface area contributed by atoms with Gasteiger partial charge >= 0.3 is 5.97 Å². The summed E-state index contributed by atoms with van der Waals surface area (Å²) in [6.07, 6.45) is 7.08. The van der Waals surface area contributed by atoms with Crippen LogP contribution in [0, 0.1) is 0 Å². The molecule has 0 aliphatic heterocycles. The molecular formula is C11H18O2. The first-order valence-electron chi connectivity index (χ1n) is 4.64. The Morgan fingerprint density at radius 1 is 1.31 bits per heavy atom. The zero-order valence-electron chi connectivity index (χ0n) is 8.63. The molecule has 0 aromatic heterocycles. The van der Waals surface area contributed by atoms with Crippen LogP contribution in [0.1, 0.15) is 40.0 Å². The second-order valence-electron chi connectivity index (χ2n) is 3.17.